The van der Waals surface area contributed by atoms with Gasteiger partial charge in [0.2, 0.25) is 0 Å². The molecule has 158 valence electrons. The van der Waals surface area contributed by atoms with Crippen LogP contribution in [-0.2, 0) is 0 Å². The highest BCUT2D eigenvalue weighted by Crippen LogP contribution is 2.22. The topological polar surface area (TPSA) is 55.4 Å². The van der Waals surface area contributed by atoms with Crippen molar-refractivity contribution in [2.75, 3.05) is 19.0 Å². The molecule has 0 unspecified atom stereocenters. The monoisotopic (exact) mass is 477 g/mol. The lowest BCUT2D eigenvalue weighted by atomic mass is 10.2. The molecule has 2 aromatic heterocycles. The zero-order valence-corrected chi connectivity index (χ0v) is 19.8. The predicted molar refractivity (Wildman–Crippen MR) is 131 cm³/mol. The van der Waals surface area contributed by atoms with Crippen LogP contribution in [0.3, 0.4) is 0 Å². The third-order valence-corrected chi connectivity index (χ3v) is 5.87. The first kappa shape index (κ1) is 21.1. The summed E-state index contributed by atoms with van der Waals surface area (Å²) in [5, 5.41) is 5.01. The molecule has 2 aromatic carbocycles. The van der Waals surface area contributed by atoms with Crippen molar-refractivity contribution >= 4 is 38.7 Å². The Hall–Kier alpha value is -3.19. The van der Waals surface area contributed by atoms with Crippen molar-refractivity contribution in [3.8, 4) is 5.69 Å². The van der Waals surface area contributed by atoms with E-state index < -0.39 is 0 Å². The molecular weight excluding hydrogens is 454 g/mol. The lowest BCUT2D eigenvalue weighted by molar-refractivity contribution is 0.770. The van der Waals surface area contributed by atoms with E-state index in [-0.39, 0.29) is 5.56 Å². The number of hydrogen-bond donors (Lipinski definition) is 0. The Bertz CT molecular complexity index is 1360. The molecule has 6 nitrogen and oxygen atoms in total. The molecule has 0 aliphatic heterocycles. The van der Waals surface area contributed by atoms with Crippen LogP contribution in [0.1, 0.15) is 22.8 Å². The van der Waals surface area contributed by atoms with Crippen LogP contribution in [0.15, 0.2) is 62.9 Å². The van der Waals surface area contributed by atoms with Gasteiger partial charge in [0.25, 0.3) is 5.56 Å². The predicted octanol–water partition coefficient (Wildman–Crippen LogP) is 4.82. The Balaban J connectivity index is 1.74. The van der Waals surface area contributed by atoms with Gasteiger partial charge in [-0.05, 0) is 69.3 Å². The van der Waals surface area contributed by atoms with Crippen LogP contribution in [0.2, 0.25) is 0 Å². The molecule has 0 bridgehead atoms. The summed E-state index contributed by atoms with van der Waals surface area (Å²) >= 11 is 3.42. The van der Waals surface area contributed by atoms with Crippen LogP contribution in [0.25, 0.3) is 16.6 Å². The van der Waals surface area contributed by atoms with Crippen LogP contribution in [-0.4, -0.2) is 34.5 Å². The fourth-order valence-electron chi connectivity index (χ4n) is 3.73. The highest BCUT2D eigenvalue weighted by Gasteiger charge is 2.11. The summed E-state index contributed by atoms with van der Waals surface area (Å²) in [6, 6.07) is 16.0. The number of nitrogens with zero attached hydrogens (tertiary/aromatic N) is 5. The van der Waals surface area contributed by atoms with Crippen LogP contribution >= 0.6 is 15.9 Å². The molecule has 0 aliphatic rings. The molecule has 0 radical (unpaired) electrons. The largest absolute Gasteiger partial charge is 0.378 e. The van der Waals surface area contributed by atoms with E-state index in [2.05, 4.69) is 79.7 Å². The van der Waals surface area contributed by atoms with Crippen molar-refractivity contribution in [2.45, 2.75) is 20.8 Å². The summed E-state index contributed by atoms with van der Waals surface area (Å²) in [5.74, 6) is 0.546. The summed E-state index contributed by atoms with van der Waals surface area (Å²) < 4.78 is 4.38. The Morgan fingerprint density at radius 1 is 1.03 bits per heavy atom. The van der Waals surface area contributed by atoms with E-state index in [4.69, 9.17) is 0 Å². The minimum atomic E-state index is -0.187. The third-order valence-electron chi connectivity index (χ3n) is 5.38. The number of rotatable bonds is 4. The fourth-order valence-corrected chi connectivity index (χ4v) is 4.09. The van der Waals surface area contributed by atoms with Gasteiger partial charge < -0.3 is 9.47 Å². The number of fused-ring (bicyclic) bond motifs is 1. The van der Waals surface area contributed by atoms with Crippen molar-refractivity contribution in [1.29, 1.82) is 0 Å². The van der Waals surface area contributed by atoms with Crippen molar-refractivity contribution in [3.05, 3.63) is 86.1 Å². The van der Waals surface area contributed by atoms with E-state index in [9.17, 15) is 4.79 Å². The number of benzene rings is 2. The zero-order valence-electron chi connectivity index (χ0n) is 18.2. The standard InChI is InChI=1S/C24H24BrN5O/c1-15-12-18(16(2)29(15)21-9-7-20(8-10-21)28(4)5)14-26-30-17(3)27-23-11-6-19(25)13-22(23)24(30)31/h6-14H,1-5H3. The third kappa shape index (κ3) is 3.93. The highest BCUT2D eigenvalue weighted by atomic mass is 79.9. The van der Waals surface area contributed by atoms with Gasteiger partial charge in [0.15, 0.2) is 0 Å². The van der Waals surface area contributed by atoms with Gasteiger partial charge >= 0.3 is 0 Å². The molecule has 0 spiro atoms. The molecule has 0 saturated carbocycles. The average Bonchev–Trinajstić information content (AvgIpc) is 3.01. The normalized spacial score (nSPS) is 11.5. The molecule has 31 heavy (non-hydrogen) atoms. The fraction of sp³-hybridized carbons (Fsp3) is 0.208. The van der Waals surface area contributed by atoms with Crippen LogP contribution in [0, 0.1) is 20.8 Å². The second kappa shape index (κ2) is 8.15. The minimum absolute atomic E-state index is 0.187. The van der Waals surface area contributed by atoms with Gasteiger partial charge in [0.05, 0.1) is 17.1 Å². The molecule has 2 heterocycles. The molecule has 4 rings (SSSR count). The SMILES string of the molecule is Cc1cc(C=Nn2c(C)nc3ccc(Br)cc3c2=O)c(C)n1-c1ccc(N(C)C)cc1. The van der Waals surface area contributed by atoms with Crippen molar-refractivity contribution < 1.29 is 0 Å². The Kier molecular flexibility index (Phi) is 5.54. The lowest BCUT2D eigenvalue weighted by Crippen LogP contribution is -2.20. The van der Waals surface area contributed by atoms with Gasteiger partial charge in [-0.15, -0.1) is 0 Å². The van der Waals surface area contributed by atoms with Gasteiger partial charge in [-0.25, -0.2) is 4.98 Å². The van der Waals surface area contributed by atoms with E-state index in [1.54, 1.807) is 19.2 Å². The van der Waals surface area contributed by atoms with Crippen LogP contribution < -0.4 is 10.5 Å². The summed E-state index contributed by atoms with van der Waals surface area (Å²) in [7, 11) is 4.06. The maximum atomic E-state index is 13.0. The molecule has 0 N–H and O–H groups in total. The van der Waals surface area contributed by atoms with E-state index in [1.165, 1.54) is 4.68 Å². The Morgan fingerprint density at radius 2 is 1.74 bits per heavy atom. The van der Waals surface area contributed by atoms with Crippen molar-refractivity contribution in [2.24, 2.45) is 5.10 Å². The second-order valence-electron chi connectivity index (χ2n) is 7.75. The summed E-state index contributed by atoms with van der Waals surface area (Å²) in [4.78, 5) is 19.6. The van der Waals surface area contributed by atoms with Gasteiger partial charge in [-0.3, -0.25) is 4.79 Å². The molecule has 7 heteroatoms. The number of aromatic nitrogens is 3. The quantitative estimate of drug-likeness (QED) is 0.395. The Labute approximate surface area is 189 Å². The maximum absolute atomic E-state index is 13.0. The van der Waals surface area contributed by atoms with Crippen LogP contribution in [0.4, 0.5) is 5.69 Å². The van der Waals surface area contributed by atoms with Crippen LogP contribution in [0.5, 0.6) is 0 Å². The average molecular weight is 478 g/mol. The summed E-state index contributed by atoms with van der Waals surface area (Å²) in [6.07, 6.45) is 1.73. The van der Waals surface area contributed by atoms with E-state index >= 15 is 0 Å². The number of halogens is 1. The van der Waals surface area contributed by atoms with Crippen molar-refractivity contribution in [3.63, 3.8) is 0 Å². The van der Waals surface area contributed by atoms with Gasteiger partial charge in [0, 0.05) is 46.9 Å². The molecule has 0 saturated heterocycles. The lowest BCUT2D eigenvalue weighted by Gasteiger charge is -2.14. The van der Waals surface area contributed by atoms with Gasteiger partial charge in [-0.1, -0.05) is 15.9 Å². The molecule has 4 aromatic rings. The van der Waals surface area contributed by atoms with Crippen molar-refractivity contribution in [1.82, 2.24) is 14.2 Å². The second-order valence-corrected chi connectivity index (χ2v) is 8.67. The zero-order chi connectivity index (χ0) is 22.3. The molecule has 0 amide bonds. The number of anilines is 1. The number of hydrogen-bond acceptors (Lipinski definition) is 4. The summed E-state index contributed by atoms with van der Waals surface area (Å²) in [5.41, 5.74) is 5.82. The molecule has 0 atom stereocenters. The maximum Gasteiger partial charge on any atom is 0.282 e. The van der Waals surface area contributed by atoms with Gasteiger partial charge in [-0.2, -0.15) is 9.78 Å². The van der Waals surface area contributed by atoms with E-state index in [0.717, 1.165) is 32.8 Å². The highest BCUT2D eigenvalue weighted by molar-refractivity contribution is 9.10. The first-order valence-electron chi connectivity index (χ1n) is 9.96. The first-order chi connectivity index (χ1) is 14.8. The smallest absolute Gasteiger partial charge is 0.282 e. The Morgan fingerprint density at radius 3 is 2.42 bits per heavy atom. The number of aryl methyl sites for hydroxylation is 2. The van der Waals surface area contributed by atoms with E-state index in [1.807, 2.05) is 26.2 Å². The van der Waals surface area contributed by atoms with Gasteiger partial charge in [0.1, 0.15) is 5.82 Å². The first-order valence-corrected chi connectivity index (χ1v) is 10.8. The minimum Gasteiger partial charge on any atom is -0.378 e. The molecule has 0 fully saturated rings. The van der Waals surface area contributed by atoms with E-state index in [0.29, 0.717) is 16.7 Å². The molecule has 0 aliphatic carbocycles. The molecular formula is C24H24BrN5O. The summed E-state index contributed by atoms with van der Waals surface area (Å²) in [6.45, 7) is 5.91.